The summed E-state index contributed by atoms with van der Waals surface area (Å²) in [6.45, 7) is 1.77. The highest BCUT2D eigenvalue weighted by Crippen LogP contribution is 2.30. The minimum Gasteiger partial charge on any atom is -0.493 e. The molecule has 31 heavy (non-hydrogen) atoms. The van der Waals surface area contributed by atoms with Gasteiger partial charge in [-0.25, -0.2) is 0 Å². The summed E-state index contributed by atoms with van der Waals surface area (Å²) in [5, 5.41) is 0. The van der Waals surface area contributed by atoms with E-state index in [0.29, 0.717) is 22.7 Å². The smallest absolute Gasteiger partial charge is 0.240 e. The van der Waals surface area contributed by atoms with Crippen LogP contribution >= 0.6 is 0 Å². The zero-order valence-corrected chi connectivity index (χ0v) is 16.9. The molecule has 0 aromatic heterocycles. The number of anilines is 2. The van der Waals surface area contributed by atoms with Gasteiger partial charge in [-0.2, -0.15) is 0 Å². The van der Waals surface area contributed by atoms with Crippen LogP contribution in [-0.2, 0) is 19.2 Å². The van der Waals surface area contributed by atoms with Gasteiger partial charge in [0.1, 0.15) is 12.4 Å². The van der Waals surface area contributed by atoms with Crippen LogP contribution in [0.5, 0.6) is 5.75 Å². The average molecular weight is 416 g/mol. The Kier molecular flexibility index (Phi) is 5.30. The van der Waals surface area contributed by atoms with Gasteiger partial charge in [-0.1, -0.05) is 12.8 Å². The van der Waals surface area contributed by atoms with Gasteiger partial charge in [-0.3, -0.25) is 29.0 Å². The maximum atomic E-state index is 12.7. The monoisotopic (exact) mass is 416 g/mol. The van der Waals surface area contributed by atoms with E-state index in [-0.39, 0.29) is 49.0 Å². The molecule has 7 heteroatoms. The van der Waals surface area contributed by atoms with E-state index < -0.39 is 5.92 Å². The van der Waals surface area contributed by atoms with E-state index >= 15 is 0 Å². The highest BCUT2D eigenvalue weighted by Gasteiger charge is 2.40. The number of ether oxygens (including phenoxy) is 1. The molecule has 2 aromatic carbocycles. The summed E-state index contributed by atoms with van der Waals surface area (Å²) < 4.78 is 5.71. The van der Waals surface area contributed by atoms with Crippen LogP contribution in [0, 0.1) is 24.2 Å². The lowest BCUT2D eigenvalue weighted by molar-refractivity contribution is -0.124. The molecule has 2 saturated heterocycles. The molecule has 2 aromatic rings. The number of carbonyl (C=O) groups excluding carboxylic acids is 4. The number of carbonyl (C=O) groups is 4. The first-order valence-electron chi connectivity index (χ1n) is 9.92. The van der Waals surface area contributed by atoms with Crippen molar-refractivity contribution in [1.29, 1.82) is 0 Å². The van der Waals surface area contributed by atoms with Crippen molar-refractivity contribution in [2.75, 3.05) is 16.4 Å². The van der Waals surface area contributed by atoms with Crippen LogP contribution in [0.15, 0.2) is 48.5 Å². The van der Waals surface area contributed by atoms with Crippen LogP contribution in [0.3, 0.4) is 0 Å². The molecule has 2 aliphatic rings. The minimum absolute atomic E-state index is 0.0431. The van der Waals surface area contributed by atoms with Gasteiger partial charge in [0, 0.05) is 24.3 Å². The number of benzene rings is 2. The fourth-order valence-corrected chi connectivity index (χ4v) is 3.75. The maximum absolute atomic E-state index is 12.7. The van der Waals surface area contributed by atoms with E-state index in [1.54, 1.807) is 55.5 Å². The van der Waals surface area contributed by atoms with E-state index in [0.717, 1.165) is 4.90 Å². The van der Waals surface area contributed by atoms with Crippen molar-refractivity contribution >= 4 is 35.0 Å². The molecule has 156 valence electrons. The van der Waals surface area contributed by atoms with Gasteiger partial charge in [0.05, 0.1) is 17.3 Å². The van der Waals surface area contributed by atoms with Gasteiger partial charge >= 0.3 is 0 Å². The molecule has 2 unspecified atom stereocenters. The molecule has 2 fully saturated rings. The van der Waals surface area contributed by atoms with Gasteiger partial charge < -0.3 is 4.74 Å². The van der Waals surface area contributed by atoms with Crippen molar-refractivity contribution in [2.24, 2.45) is 11.8 Å². The summed E-state index contributed by atoms with van der Waals surface area (Å²) in [5.41, 5.74) is 1.63. The predicted octanol–water partition coefficient (Wildman–Crippen LogP) is 2.53. The van der Waals surface area contributed by atoms with Gasteiger partial charge in [-0.05, 0) is 48.5 Å². The van der Waals surface area contributed by atoms with Crippen molar-refractivity contribution in [1.82, 2.24) is 0 Å². The third-order valence-corrected chi connectivity index (χ3v) is 5.45. The molecule has 0 spiro atoms. The van der Waals surface area contributed by atoms with Crippen LogP contribution in [0.25, 0.3) is 0 Å². The average Bonchev–Trinajstić information content (AvgIpc) is 3.20. The molecule has 4 amide bonds. The van der Waals surface area contributed by atoms with Crippen molar-refractivity contribution < 1.29 is 23.9 Å². The molecule has 0 radical (unpaired) electrons. The van der Waals surface area contributed by atoms with E-state index in [1.807, 2.05) is 0 Å². The molecular weight excluding hydrogens is 396 g/mol. The van der Waals surface area contributed by atoms with Gasteiger partial charge in [0.15, 0.2) is 0 Å². The van der Waals surface area contributed by atoms with Gasteiger partial charge in [0.25, 0.3) is 0 Å². The summed E-state index contributed by atoms with van der Waals surface area (Å²) in [6.07, 6.45) is 5.60. The Morgan fingerprint density at radius 3 is 1.97 bits per heavy atom. The summed E-state index contributed by atoms with van der Waals surface area (Å²) >= 11 is 0. The van der Waals surface area contributed by atoms with E-state index in [4.69, 9.17) is 11.2 Å². The van der Waals surface area contributed by atoms with Crippen molar-refractivity contribution in [2.45, 2.75) is 19.8 Å². The first kappa shape index (κ1) is 20.4. The van der Waals surface area contributed by atoms with E-state index in [2.05, 4.69) is 5.92 Å². The summed E-state index contributed by atoms with van der Waals surface area (Å²) in [6, 6.07) is 13.2. The highest BCUT2D eigenvalue weighted by atomic mass is 16.5. The molecular formula is C24H20N2O5. The SMILES string of the molecule is C#Cc1ccc(N2C(=O)CC(COc3ccc(N4C(=O)CC(C)C4=O)cc3)C2=O)cc1. The molecule has 2 heterocycles. The standard InChI is InChI=1S/C24H20N2O5/c1-3-16-4-6-18(7-5-16)26-22(28)13-17(24(26)30)14-31-20-10-8-19(9-11-20)25-21(27)12-15(2)23(25)29/h1,4-11,15,17H,12-14H2,2H3. The van der Waals surface area contributed by atoms with Gasteiger partial charge in [-0.15, -0.1) is 6.42 Å². The fraction of sp³-hybridized carbons (Fsp3) is 0.250. The second-order valence-corrected chi connectivity index (χ2v) is 7.64. The molecule has 7 nitrogen and oxygen atoms in total. The Bertz CT molecular complexity index is 1100. The number of amides is 4. The lowest BCUT2D eigenvalue weighted by Crippen LogP contribution is -2.31. The van der Waals surface area contributed by atoms with Crippen molar-refractivity contribution in [3.05, 3.63) is 54.1 Å². The Labute approximate surface area is 179 Å². The maximum Gasteiger partial charge on any atom is 0.240 e. The van der Waals surface area contributed by atoms with Gasteiger partial charge in [0.2, 0.25) is 23.6 Å². The minimum atomic E-state index is -0.595. The third-order valence-electron chi connectivity index (χ3n) is 5.45. The zero-order chi connectivity index (χ0) is 22.1. The van der Waals surface area contributed by atoms with Crippen LogP contribution in [0.1, 0.15) is 25.3 Å². The van der Waals surface area contributed by atoms with Crippen LogP contribution in [0.4, 0.5) is 11.4 Å². The van der Waals surface area contributed by atoms with Crippen molar-refractivity contribution in [3.63, 3.8) is 0 Å². The second-order valence-electron chi connectivity index (χ2n) is 7.64. The van der Waals surface area contributed by atoms with Crippen molar-refractivity contribution in [3.8, 4) is 18.1 Å². The molecule has 0 N–H and O–H groups in total. The highest BCUT2D eigenvalue weighted by molar-refractivity contribution is 6.21. The number of hydrogen-bond donors (Lipinski definition) is 0. The van der Waals surface area contributed by atoms with E-state index in [9.17, 15) is 19.2 Å². The Hall–Kier alpha value is -3.92. The fourth-order valence-electron chi connectivity index (χ4n) is 3.75. The Morgan fingerprint density at radius 2 is 1.42 bits per heavy atom. The zero-order valence-electron chi connectivity index (χ0n) is 16.9. The first-order chi connectivity index (χ1) is 14.9. The molecule has 4 rings (SSSR count). The lowest BCUT2D eigenvalue weighted by Gasteiger charge is -2.16. The van der Waals surface area contributed by atoms with E-state index in [1.165, 1.54) is 4.90 Å². The summed E-state index contributed by atoms with van der Waals surface area (Å²) in [5.74, 6) is 1.00. The third kappa shape index (κ3) is 3.80. The number of imide groups is 2. The molecule has 2 atom stereocenters. The lowest BCUT2D eigenvalue weighted by atomic mass is 10.1. The topological polar surface area (TPSA) is 84.0 Å². The summed E-state index contributed by atoms with van der Waals surface area (Å²) in [4.78, 5) is 51.6. The largest absolute Gasteiger partial charge is 0.493 e. The van der Waals surface area contributed by atoms with Crippen LogP contribution < -0.4 is 14.5 Å². The van der Waals surface area contributed by atoms with Crippen LogP contribution in [-0.4, -0.2) is 30.2 Å². The quantitative estimate of drug-likeness (QED) is 0.553. The number of nitrogens with zero attached hydrogens (tertiary/aromatic N) is 2. The number of hydrogen-bond acceptors (Lipinski definition) is 5. The molecule has 0 bridgehead atoms. The molecule has 2 aliphatic heterocycles. The second kappa shape index (κ2) is 8.07. The Balaban J connectivity index is 1.40. The number of rotatable bonds is 5. The predicted molar refractivity (Wildman–Crippen MR) is 113 cm³/mol. The summed E-state index contributed by atoms with van der Waals surface area (Å²) in [7, 11) is 0. The first-order valence-corrected chi connectivity index (χ1v) is 9.92. The van der Waals surface area contributed by atoms with Crippen LogP contribution in [0.2, 0.25) is 0 Å². The normalized spacial score (nSPS) is 21.0. The number of terminal acetylenes is 1. The Morgan fingerprint density at radius 1 is 0.871 bits per heavy atom. The molecule has 0 saturated carbocycles. The molecule has 0 aliphatic carbocycles.